The Labute approximate surface area is 73.8 Å². The van der Waals surface area contributed by atoms with Crippen molar-refractivity contribution in [2.45, 2.75) is 4.83 Å². The van der Waals surface area contributed by atoms with E-state index in [4.69, 9.17) is 5.11 Å². The molecule has 1 heterocycles. The average Bonchev–Trinajstić information content (AvgIpc) is 1.85. The molecule has 0 amide bonds. The predicted molar refractivity (Wildman–Crippen MR) is 45.9 cm³/mol. The molecule has 62 valence electrons. The number of hydrogen-bond donors (Lipinski definition) is 1. The topological polar surface area (TPSA) is 40.5 Å². The second kappa shape index (κ2) is 3.36. The standard InChI is InChI=1S/C7H10BrNO2/c1-9-3-5(7(10)11)2-6(8)4-9/h2,6H,3-4H2,1H3,(H,10,11). The van der Waals surface area contributed by atoms with Crippen molar-refractivity contribution in [2.75, 3.05) is 20.1 Å². The first kappa shape index (κ1) is 8.74. The monoisotopic (exact) mass is 219 g/mol. The molecule has 0 aliphatic carbocycles. The van der Waals surface area contributed by atoms with Gasteiger partial charge in [0.05, 0.1) is 0 Å². The van der Waals surface area contributed by atoms with Crippen molar-refractivity contribution < 1.29 is 9.90 Å². The molecule has 1 unspecified atom stereocenters. The SMILES string of the molecule is CN1CC(C(=O)O)=CC(Br)C1. The molecule has 1 aliphatic heterocycles. The van der Waals surface area contributed by atoms with Gasteiger partial charge in [-0.1, -0.05) is 22.0 Å². The maximum Gasteiger partial charge on any atom is 0.332 e. The highest BCUT2D eigenvalue weighted by Crippen LogP contribution is 2.14. The molecule has 4 heteroatoms. The van der Waals surface area contributed by atoms with E-state index in [1.165, 1.54) is 0 Å². The number of hydrogen-bond acceptors (Lipinski definition) is 2. The quantitative estimate of drug-likeness (QED) is 0.661. The minimum absolute atomic E-state index is 0.173. The highest BCUT2D eigenvalue weighted by Gasteiger charge is 2.18. The lowest BCUT2D eigenvalue weighted by atomic mass is 10.1. The van der Waals surface area contributed by atoms with Gasteiger partial charge < -0.3 is 10.0 Å². The van der Waals surface area contributed by atoms with Gasteiger partial charge in [0.1, 0.15) is 0 Å². The van der Waals surface area contributed by atoms with Gasteiger partial charge in [-0.25, -0.2) is 4.79 Å². The fraction of sp³-hybridized carbons (Fsp3) is 0.571. The molecule has 11 heavy (non-hydrogen) atoms. The van der Waals surface area contributed by atoms with Gasteiger partial charge >= 0.3 is 5.97 Å². The average molecular weight is 220 g/mol. The van der Waals surface area contributed by atoms with Crippen molar-refractivity contribution in [1.29, 1.82) is 0 Å². The summed E-state index contributed by atoms with van der Waals surface area (Å²) >= 11 is 3.36. The molecular weight excluding hydrogens is 210 g/mol. The van der Waals surface area contributed by atoms with Crippen molar-refractivity contribution in [1.82, 2.24) is 4.90 Å². The number of alkyl halides is 1. The van der Waals surface area contributed by atoms with Crippen LogP contribution in [0.15, 0.2) is 11.6 Å². The Kier molecular flexibility index (Phi) is 2.67. The molecule has 0 aromatic carbocycles. The smallest absolute Gasteiger partial charge is 0.332 e. The predicted octanol–water partition coefficient (Wildman–Crippen LogP) is 0.706. The first-order chi connectivity index (χ1) is 5.09. The number of halogens is 1. The third-order valence-corrected chi connectivity index (χ3v) is 2.14. The molecule has 1 aliphatic rings. The van der Waals surface area contributed by atoms with Gasteiger partial charge in [-0.3, -0.25) is 0 Å². The molecule has 0 saturated carbocycles. The van der Waals surface area contributed by atoms with Crippen LogP contribution < -0.4 is 0 Å². The number of carboxylic acid groups (broad SMARTS) is 1. The van der Waals surface area contributed by atoms with Crippen molar-refractivity contribution in [3.63, 3.8) is 0 Å². The van der Waals surface area contributed by atoms with Crippen LogP contribution in [0.5, 0.6) is 0 Å². The Hall–Kier alpha value is -0.350. The molecule has 1 rings (SSSR count). The summed E-state index contributed by atoms with van der Waals surface area (Å²) in [4.78, 5) is 12.7. The van der Waals surface area contributed by atoms with Crippen LogP contribution in [0.3, 0.4) is 0 Å². The minimum atomic E-state index is -0.819. The molecule has 0 spiro atoms. The van der Waals surface area contributed by atoms with Crippen LogP contribution in [0.2, 0.25) is 0 Å². The normalized spacial score (nSPS) is 26.4. The summed E-state index contributed by atoms with van der Waals surface area (Å²) in [5, 5.41) is 8.66. The molecule has 0 bridgehead atoms. The van der Waals surface area contributed by atoms with Gasteiger partial charge in [0.25, 0.3) is 0 Å². The van der Waals surface area contributed by atoms with E-state index < -0.39 is 5.97 Å². The van der Waals surface area contributed by atoms with E-state index in [0.717, 1.165) is 6.54 Å². The molecule has 1 N–H and O–H groups in total. The highest BCUT2D eigenvalue weighted by atomic mass is 79.9. The number of nitrogens with zero attached hydrogens (tertiary/aromatic N) is 1. The highest BCUT2D eigenvalue weighted by molar-refractivity contribution is 9.09. The van der Waals surface area contributed by atoms with Crippen LogP contribution in [0.4, 0.5) is 0 Å². The maximum absolute atomic E-state index is 10.5. The summed E-state index contributed by atoms with van der Waals surface area (Å²) in [6, 6.07) is 0. The Morgan fingerprint density at radius 2 is 2.55 bits per heavy atom. The fourth-order valence-electron chi connectivity index (χ4n) is 1.12. The van der Waals surface area contributed by atoms with E-state index in [-0.39, 0.29) is 4.83 Å². The van der Waals surface area contributed by atoms with E-state index in [1.54, 1.807) is 6.08 Å². The molecule has 0 aromatic heterocycles. The number of carbonyl (C=O) groups is 1. The number of likely N-dealkylation sites (N-methyl/N-ethyl adjacent to an activating group) is 1. The molecule has 0 radical (unpaired) electrons. The fourth-order valence-corrected chi connectivity index (χ4v) is 1.93. The van der Waals surface area contributed by atoms with Crippen molar-refractivity contribution in [2.24, 2.45) is 0 Å². The van der Waals surface area contributed by atoms with Crippen LogP contribution in [-0.2, 0) is 4.79 Å². The zero-order valence-corrected chi connectivity index (χ0v) is 7.84. The molecule has 0 aromatic rings. The number of rotatable bonds is 1. The second-order valence-corrected chi connectivity index (χ2v) is 3.89. The van der Waals surface area contributed by atoms with Crippen molar-refractivity contribution in [3.8, 4) is 0 Å². The van der Waals surface area contributed by atoms with Crippen LogP contribution in [-0.4, -0.2) is 40.9 Å². The lowest BCUT2D eigenvalue weighted by Crippen LogP contribution is -2.33. The van der Waals surface area contributed by atoms with Crippen molar-refractivity contribution in [3.05, 3.63) is 11.6 Å². The first-order valence-corrected chi connectivity index (χ1v) is 4.28. The van der Waals surface area contributed by atoms with Crippen LogP contribution in [0.1, 0.15) is 0 Å². The van der Waals surface area contributed by atoms with Gasteiger partial charge in [-0.2, -0.15) is 0 Å². The largest absolute Gasteiger partial charge is 0.478 e. The lowest BCUT2D eigenvalue weighted by Gasteiger charge is -2.24. The molecule has 3 nitrogen and oxygen atoms in total. The van der Waals surface area contributed by atoms with E-state index >= 15 is 0 Å². The third-order valence-electron chi connectivity index (χ3n) is 1.58. The molecule has 0 fully saturated rings. The number of carboxylic acids is 1. The van der Waals surface area contributed by atoms with Gasteiger partial charge in [0.2, 0.25) is 0 Å². The Morgan fingerprint density at radius 3 is 3.00 bits per heavy atom. The third kappa shape index (κ3) is 2.31. The van der Waals surface area contributed by atoms with E-state index in [1.807, 2.05) is 11.9 Å². The van der Waals surface area contributed by atoms with Gasteiger partial charge in [-0.15, -0.1) is 0 Å². The minimum Gasteiger partial charge on any atom is -0.478 e. The lowest BCUT2D eigenvalue weighted by molar-refractivity contribution is -0.133. The van der Waals surface area contributed by atoms with Gasteiger partial charge in [0, 0.05) is 23.5 Å². The van der Waals surface area contributed by atoms with Gasteiger partial charge in [0.15, 0.2) is 0 Å². The number of aliphatic carboxylic acids is 1. The summed E-state index contributed by atoms with van der Waals surface area (Å²) in [5.41, 5.74) is 0.473. The van der Waals surface area contributed by atoms with Crippen LogP contribution >= 0.6 is 15.9 Å². The Bertz CT molecular complexity index is 203. The van der Waals surface area contributed by atoms with Crippen LogP contribution in [0, 0.1) is 0 Å². The van der Waals surface area contributed by atoms with Gasteiger partial charge in [-0.05, 0) is 7.05 Å². The van der Waals surface area contributed by atoms with E-state index in [0.29, 0.717) is 12.1 Å². The van der Waals surface area contributed by atoms with Crippen LogP contribution in [0.25, 0.3) is 0 Å². The summed E-state index contributed by atoms with van der Waals surface area (Å²) in [6.45, 7) is 1.41. The molecule has 1 atom stereocenters. The first-order valence-electron chi connectivity index (χ1n) is 3.36. The zero-order valence-electron chi connectivity index (χ0n) is 6.25. The molecular formula is C7H10BrNO2. The zero-order chi connectivity index (χ0) is 8.43. The summed E-state index contributed by atoms with van der Waals surface area (Å²) in [6.07, 6.45) is 1.75. The van der Waals surface area contributed by atoms with E-state index in [2.05, 4.69) is 15.9 Å². The van der Waals surface area contributed by atoms with E-state index in [9.17, 15) is 4.79 Å². The van der Waals surface area contributed by atoms with Crippen molar-refractivity contribution >= 4 is 21.9 Å². The Balaban J connectivity index is 2.72. The maximum atomic E-state index is 10.5. The molecule has 0 saturated heterocycles. The summed E-state index contributed by atoms with van der Waals surface area (Å²) in [5.74, 6) is -0.819. The second-order valence-electron chi connectivity index (χ2n) is 2.71. The summed E-state index contributed by atoms with van der Waals surface area (Å²) in [7, 11) is 1.91. The Morgan fingerprint density at radius 1 is 1.91 bits per heavy atom. The summed E-state index contributed by atoms with van der Waals surface area (Å²) < 4.78 is 0.